The van der Waals surface area contributed by atoms with Crippen LogP contribution in [-0.2, 0) is 16.0 Å². The molecule has 2 heterocycles. The van der Waals surface area contributed by atoms with Crippen molar-refractivity contribution in [3.05, 3.63) is 77.4 Å². The fourth-order valence-electron chi connectivity index (χ4n) is 5.74. The Morgan fingerprint density at radius 2 is 1.77 bits per heavy atom. The molecule has 2 aromatic carbocycles. The summed E-state index contributed by atoms with van der Waals surface area (Å²) in [5.41, 5.74) is 3.75. The van der Waals surface area contributed by atoms with Crippen molar-refractivity contribution in [2.45, 2.75) is 59.1 Å². The smallest absolute Gasteiger partial charge is 0.131 e. The number of rotatable bonds is 12. The van der Waals surface area contributed by atoms with Crippen LogP contribution < -0.4 is 0 Å². The number of piperidine rings is 1. The first-order valence-corrected chi connectivity index (χ1v) is 15.7. The quantitative estimate of drug-likeness (QED) is 0.254. The minimum Gasteiger partial charge on any atom is -0.379 e. The number of ether oxygens (including phenoxy) is 2. The molecule has 0 atom stereocenters. The molecule has 238 valence electrons. The fraction of sp³-hybridized carbons (Fsp3) is 0.500. The third-order valence-corrected chi connectivity index (χ3v) is 8.37. The Balaban J connectivity index is 1.49. The summed E-state index contributed by atoms with van der Waals surface area (Å²) < 4.78 is 41.9. The summed E-state index contributed by atoms with van der Waals surface area (Å²) in [6.07, 6.45) is 8.09. The van der Waals surface area contributed by atoms with E-state index >= 15 is 8.78 Å². The predicted octanol–water partition coefficient (Wildman–Crippen LogP) is 7.52. The predicted molar refractivity (Wildman–Crippen MR) is 176 cm³/mol. The normalized spacial score (nSPS) is 18.0. The summed E-state index contributed by atoms with van der Waals surface area (Å²) in [7, 11) is 0. The van der Waals surface area contributed by atoms with Crippen molar-refractivity contribution in [1.29, 1.82) is 5.41 Å². The molecule has 2 aromatic rings. The summed E-state index contributed by atoms with van der Waals surface area (Å²) >= 11 is 0. The van der Waals surface area contributed by atoms with Gasteiger partial charge in [-0.2, -0.15) is 0 Å². The van der Waals surface area contributed by atoms with Gasteiger partial charge in [0.2, 0.25) is 0 Å². The lowest BCUT2D eigenvalue weighted by Crippen LogP contribution is -2.37. The number of hydrogen-bond donors (Lipinski definition) is 1. The number of aliphatic imine (C=N–C) groups is 1. The van der Waals surface area contributed by atoms with Gasteiger partial charge in [0.05, 0.1) is 36.8 Å². The SMILES string of the molecule is C=CC(=Nc1c(C)cccc1-c1cc(F)c(CN2CCOCC2)c(F)c1)/C(C=N)=C/CC1CCN(CCOC(C)(C)C)CC1. The van der Waals surface area contributed by atoms with Crippen LogP contribution in [0.4, 0.5) is 14.5 Å². The van der Waals surface area contributed by atoms with Gasteiger partial charge < -0.3 is 19.8 Å². The molecule has 1 N–H and O–H groups in total. The Hall–Kier alpha value is -3.04. The molecule has 0 aliphatic carbocycles. The Morgan fingerprint density at radius 3 is 2.39 bits per heavy atom. The number of likely N-dealkylation sites (tertiary alicyclic amines) is 1. The lowest BCUT2D eigenvalue weighted by Gasteiger charge is -2.32. The fourth-order valence-corrected chi connectivity index (χ4v) is 5.74. The number of aryl methyl sites for hydroxylation is 1. The molecule has 2 aliphatic heterocycles. The second-order valence-corrected chi connectivity index (χ2v) is 12.8. The van der Waals surface area contributed by atoms with Crippen molar-refractivity contribution in [1.82, 2.24) is 9.80 Å². The number of para-hydroxylation sites is 1. The van der Waals surface area contributed by atoms with Gasteiger partial charge in [0.15, 0.2) is 0 Å². The van der Waals surface area contributed by atoms with E-state index in [0.717, 1.165) is 51.1 Å². The van der Waals surface area contributed by atoms with Crippen LogP contribution in [0.1, 0.15) is 51.2 Å². The van der Waals surface area contributed by atoms with Gasteiger partial charge in [-0.3, -0.25) is 4.90 Å². The number of allylic oxidation sites excluding steroid dienone is 3. The van der Waals surface area contributed by atoms with E-state index in [0.29, 0.717) is 60.3 Å². The first kappa shape index (κ1) is 33.8. The van der Waals surface area contributed by atoms with Crippen LogP contribution in [0, 0.1) is 29.9 Å². The molecule has 8 heteroatoms. The Kier molecular flexibility index (Phi) is 12.2. The zero-order valence-electron chi connectivity index (χ0n) is 26.8. The Labute approximate surface area is 262 Å². The summed E-state index contributed by atoms with van der Waals surface area (Å²) in [4.78, 5) is 9.38. The molecule has 44 heavy (non-hydrogen) atoms. The Bertz CT molecular complexity index is 1330. The van der Waals surface area contributed by atoms with Gasteiger partial charge in [-0.25, -0.2) is 13.8 Å². The molecule has 0 saturated carbocycles. The van der Waals surface area contributed by atoms with E-state index in [1.165, 1.54) is 18.3 Å². The molecule has 0 amide bonds. The highest BCUT2D eigenvalue weighted by Crippen LogP contribution is 2.36. The summed E-state index contributed by atoms with van der Waals surface area (Å²) in [6.45, 7) is 18.6. The van der Waals surface area contributed by atoms with Crippen molar-refractivity contribution in [2.24, 2.45) is 10.9 Å². The standard InChI is InChI=1S/C36H48F2N4O2/c1-6-34(28(24-39)11-10-27-12-14-41(15-13-27)18-21-44-36(3,4)5)40-35-26(2)8-7-9-30(35)29-22-32(37)31(33(38)23-29)25-42-16-19-43-20-17-42/h6-9,11,22-24,27,39H,1,10,12-21,25H2,2-5H3/b28-11+,39-24?,40-34?. The van der Waals surface area contributed by atoms with E-state index in [9.17, 15) is 0 Å². The van der Waals surface area contributed by atoms with Crippen molar-refractivity contribution < 1.29 is 18.3 Å². The first-order valence-electron chi connectivity index (χ1n) is 15.7. The van der Waals surface area contributed by atoms with E-state index in [1.807, 2.05) is 30.0 Å². The average molecular weight is 607 g/mol. The maximum Gasteiger partial charge on any atom is 0.131 e. The van der Waals surface area contributed by atoms with Crippen molar-refractivity contribution in [3.8, 4) is 11.1 Å². The molecule has 0 spiro atoms. The van der Waals surface area contributed by atoms with Crippen LogP contribution in [0.2, 0.25) is 0 Å². The molecule has 2 saturated heterocycles. The number of halogens is 2. The molecule has 2 fully saturated rings. The maximum absolute atomic E-state index is 15.3. The van der Waals surface area contributed by atoms with Gasteiger partial charge in [0, 0.05) is 49.1 Å². The first-order chi connectivity index (χ1) is 21.1. The van der Waals surface area contributed by atoms with Crippen LogP contribution in [0.25, 0.3) is 11.1 Å². The van der Waals surface area contributed by atoms with Crippen molar-refractivity contribution >= 4 is 17.6 Å². The molecule has 0 unspecified atom stereocenters. The Morgan fingerprint density at radius 1 is 1.09 bits per heavy atom. The van der Waals surface area contributed by atoms with Crippen LogP contribution in [0.5, 0.6) is 0 Å². The van der Waals surface area contributed by atoms with Crippen molar-refractivity contribution in [3.63, 3.8) is 0 Å². The van der Waals surface area contributed by atoms with E-state index in [4.69, 9.17) is 19.9 Å². The van der Waals surface area contributed by atoms with E-state index < -0.39 is 11.6 Å². The minimum absolute atomic E-state index is 0.0678. The third-order valence-electron chi connectivity index (χ3n) is 8.37. The summed E-state index contributed by atoms with van der Waals surface area (Å²) in [5, 5.41) is 8.14. The number of morpholine rings is 1. The number of nitrogens with one attached hydrogen (secondary N) is 1. The van der Waals surface area contributed by atoms with Crippen LogP contribution in [0.3, 0.4) is 0 Å². The molecule has 4 rings (SSSR count). The molecular weight excluding hydrogens is 558 g/mol. The lowest BCUT2D eigenvalue weighted by molar-refractivity contribution is -0.0161. The topological polar surface area (TPSA) is 61.2 Å². The van der Waals surface area contributed by atoms with E-state index in [-0.39, 0.29) is 17.7 Å². The van der Waals surface area contributed by atoms with Gasteiger partial charge in [-0.15, -0.1) is 0 Å². The van der Waals surface area contributed by atoms with Crippen LogP contribution in [0.15, 0.2) is 59.6 Å². The van der Waals surface area contributed by atoms with E-state index in [1.54, 1.807) is 6.08 Å². The molecule has 0 aromatic heterocycles. The van der Waals surface area contributed by atoms with Crippen molar-refractivity contribution in [2.75, 3.05) is 52.5 Å². The summed E-state index contributed by atoms with van der Waals surface area (Å²) in [6, 6.07) is 8.42. The number of hydrogen-bond acceptors (Lipinski definition) is 6. The second kappa shape index (κ2) is 15.8. The third kappa shape index (κ3) is 9.48. The lowest BCUT2D eigenvalue weighted by atomic mass is 9.92. The highest BCUT2D eigenvalue weighted by molar-refractivity contribution is 6.21. The van der Waals surface area contributed by atoms with E-state index in [2.05, 4.69) is 38.3 Å². The van der Waals surface area contributed by atoms with Crippen LogP contribution >= 0.6 is 0 Å². The largest absolute Gasteiger partial charge is 0.379 e. The molecule has 0 bridgehead atoms. The van der Waals surface area contributed by atoms with Gasteiger partial charge in [0.25, 0.3) is 0 Å². The maximum atomic E-state index is 15.3. The summed E-state index contributed by atoms with van der Waals surface area (Å²) in [5.74, 6) is -0.605. The van der Waals surface area contributed by atoms with Gasteiger partial charge in [-0.1, -0.05) is 30.9 Å². The molecular formula is C36H48F2N4O2. The second-order valence-electron chi connectivity index (χ2n) is 12.8. The number of nitrogens with zero attached hydrogens (tertiary/aromatic N) is 3. The number of benzene rings is 2. The van der Waals surface area contributed by atoms with Crippen LogP contribution in [-0.4, -0.2) is 79.9 Å². The zero-order chi connectivity index (χ0) is 31.7. The van der Waals surface area contributed by atoms with Gasteiger partial charge >= 0.3 is 0 Å². The zero-order valence-corrected chi connectivity index (χ0v) is 26.8. The minimum atomic E-state index is -0.570. The van der Waals surface area contributed by atoms with Gasteiger partial charge in [-0.05, 0) is 95.3 Å². The molecule has 2 aliphatic rings. The molecule has 0 radical (unpaired) electrons. The average Bonchev–Trinajstić information content (AvgIpc) is 2.99. The highest BCUT2D eigenvalue weighted by atomic mass is 19.1. The van der Waals surface area contributed by atoms with Gasteiger partial charge in [0.1, 0.15) is 11.6 Å². The monoisotopic (exact) mass is 606 g/mol. The molecule has 6 nitrogen and oxygen atoms in total. The highest BCUT2D eigenvalue weighted by Gasteiger charge is 2.21.